The van der Waals surface area contributed by atoms with E-state index >= 15 is 0 Å². The van der Waals surface area contributed by atoms with Crippen LogP contribution in [0.2, 0.25) is 0 Å². The molecule has 2 rings (SSSR count). The van der Waals surface area contributed by atoms with Crippen LogP contribution in [0.4, 0.5) is 4.39 Å². The number of nitrogens with zero attached hydrogens (tertiary/aromatic N) is 3. The van der Waals surface area contributed by atoms with Crippen LogP contribution in [0.15, 0.2) is 36.7 Å². The van der Waals surface area contributed by atoms with E-state index in [2.05, 4.69) is 9.88 Å². The highest BCUT2D eigenvalue weighted by atomic mass is 19.1. The maximum absolute atomic E-state index is 12.9. The van der Waals surface area contributed by atoms with Gasteiger partial charge in [0.2, 0.25) is 0 Å². The summed E-state index contributed by atoms with van der Waals surface area (Å²) in [5.41, 5.74) is 7.10. The number of hydrogen-bond donors (Lipinski definition) is 1. The summed E-state index contributed by atoms with van der Waals surface area (Å²) in [7, 11) is 4.03. The summed E-state index contributed by atoms with van der Waals surface area (Å²) in [5, 5.41) is 0. The van der Waals surface area contributed by atoms with E-state index in [-0.39, 0.29) is 11.9 Å². The van der Waals surface area contributed by atoms with Gasteiger partial charge in [-0.3, -0.25) is 4.90 Å². The monoisotopic (exact) mass is 276 g/mol. The van der Waals surface area contributed by atoms with Crippen molar-refractivity contribution >= 4 is 0 Å². The molecule has 1 heterocycles. The molecule has 0 aliphatic heterocycles. The summed E-state index contributed by atoms with van der Waals surface area (Å²) in [6.07, 6.45) is 4.56. The zero-order valence-corrected chi connectivity index (χ0v) is 12.0. The molecule has 1 aromatic heterocycles. The first-order chi connectivity index (χ1) is 9.56. The van der Waals surface area contributed by atoms with Gasteiger partial charge in [0.05, 0.1) is 6.54 Å². The van der Waals surface area contributed by atoms with Gasteiger partial charge in [-0.25, -0.2) is 9.37 Å². The Morgan fingerprint density at radius 3 is 2.65 bits per heavy atom. The van der Waals surface area contributed by atoms with E-state index < -0.39 is 0 Å². The first kappa shape index (κ1) is 14.7. The van der Waals surface area contributed by atoms with Gasteiger partial charge in [-0.2, -0.15) is 0 Å². The molecule has 1 unspecified atom stereocenters. The summed E-state index contributed by atoms with van der Waals surface area (Å²) < 4.78 is 14.9. The van der Waals surface area contributed by atoms with Gasteiger partial charge in [0.15, 0.2) is 0 Å². The lowest BCUT2D eigenvalue weighted by Gasteiger charge is -2.19. The molecule has 0 amide bonds. The van der Waals surface area contributed by atoms with Crippen LogP contribution in [0.5, 0.6) is 0 Å². The van der Waals surface area contributed by atoms with Crippen LogP contribution in [0.3, 0.4) is 0 Å². The largest absolute Gasteiger partial charge is 0.337 e. The molecule has 1 aromatic carbocycles. The lowest BCUT2D eigenvalue weighted by molar-refractivity contribution is 0.301. The Bertz CT molecular complexity index is 535. The molecule has 0 bridgehead atoms. The van der Waals surface area contributed by atoms with E-state index in [0.29, 0.717) is 0 Å². The second-order valence-corrected chi connectivity index (χ2v) is 5.14. The summed E-state index contributed by atoms with van der Waals surface area (Å²) in [5.74, 6) is 0.802. The second kappa shape index (κ2) is 6.63. The number of hydrogen-bond acceptors (Lipinski definition) is 3. The molecule has 5 heteroatoms. The second-order valence-electron chi connectivity index (χ2n) is 5.14. The quantitative estimate of drug-likeness (QED) is 0.878. The van der Waals surface area contributed by atoms with Crippen molar-refractivity contribution in [2.75, 3.05) is 13.6 Å². The molecule has 20 heavy (non-hydrogen) atoms. The third kappa shape index (κ3) is 3.88. The van der Waals surface area contributed by atoms with Gasteiger partial charge in [0.25, 0.3) is 0 Å². The number of rotatable bonds is 6. The Hall–Kier alpha value is -1.72. The van der Waals surface area contributed by atoms with Crippen molar-refractivity contribution in [2.24, 2.45) is 12.8 Å². The fourth-order valence-corrected chi connectivity index (χ4v) is 2.11. The lowest BCUT2D eigenvalue weighted by Crippen LogP contribution is -2.24. The third-order valence-corrected chi connectivity index (χ3v) is 3.45. The minimum atomic E-state index is -0.229. The summed E-state index contributed by atoms with van der Waals surface area (Å²) in [6, 6.07) is 6.33. The summed E-state index contributed by atoms with van der Waals surface area (Å²) in [6.45, 7) is 1.66. The molecule has 1 atom stereocenters. The normalized spacial score (nSPS) is 12.8. The Morgan fingerprint density at radius 2 is 2.05 bits per heavy atom. The van der Waals surface area contributed by atoms with E-state index in [1.807, 2.05) is 24.9 Å². The van der Waals surface area contributed by atoms with E-state index in [1.54, 1.807) is 18.3 Å². The minimum absolute atomic E-state index is 0.0700. The molecule has 0 saturated heterocycles. The Kier molecular flexibility index (Phi) is 4.87. The number of benzene rings is 1. The molecule has 0 radical (unpaired) electrons. The van der Waals surface area contributed by atoms with E-state index in [9.17, 15) is 4.39 Å². The minimum Gasteiger partial charge on any atom is -0.337 e. The van der Waals surface area contributed by atoms with Gasteiger partial charge in [-0.1, -0.05) is 12.1 Å². The average Bonchev–Trinajstić information content (AvgIpc) is 2.82. The zero-order chi connectivity index (χ0) is 14.5. The lowest BCUT2D eigenvalue weighted by atomic mass is 10.0. The number of aromatic nitrogens is 2. The van der Waals surface area contributed by atoms with Gasteiger partial charge < -0.3 is 10.3 Å². The molecule has 0 aliphatic rings. The van der Waals surface area contributed by atoms with Crippen LogP contribution in [0.1, 0.15) is 23.9 Å². The highest BCUT2D eigenvalue weighted by molar-refractivity contribution is 5.19. The molecule has 4 nitrogen and oxygen atoms in total. The molecule has 0 saturated carbocycles. The SMILES string of the molecule is CN(CCC(N)c1ccc(F)cc1)Cc1nccn1C. The van der Waals surface area contributed by atoms with Crippen molar-refractivity contribution in [3.63, 3.8) is 0 Å². The van der Waals surface area contributed by atoms with Crippen molar-refractivity contribution in [3.05, 3.63) is 53.9 Å². The van der Waals surface area contributed by atoms with Crippen molar-refractivity contribution in [1.82, 2.24) is 14.5 Å². The fraction of sp³-hybridized carbons (Fsp3) is 0.400. The number of halogens is 1. The van der Waals surface area contributed by atoms with Crippen LogP contribution >= 0.6 is 0 Å². The zero-order valence-electron chi connectivity index (χ0n) is 12.0. The van der Waals surface area contributed by atoms with Gasteiger partial charge in [0, 0.05) is 32.0 Å². The molecule has 0 spiro atoms. The predicted molar refractivity (Wildman–Crippen MR) is 77.5 cm³/mol. The molecule has 108 valence electrons. The van der Waals surface area contributed by atoms with Gasteiger partial charge in [0.1, 0.15) is 11.6 Å². The van der Waals surface area contributed by atoms with Crippen LogP contribution in [0.25, 0.3) is 0 Å². The number of nitrogens with two attached hydrogens (primary N) is 1. The Morgan fingerprint density at radius 1 is 1.35 bits per heavy atom. The van der Waals surface area contributed by atoms with Crippen LogP contribution in [0, 0.1) is 5.82 Å². The smallest absolute Gasteiger partial charge is 0.123 e. The molecule has 0 aliphatic carbocycles. The molecular formula is C15H21FN4. The predicted octanol–water partition coefficient (Wildman–Crippen LogP) is 2.08. The third-order valence-electron chi connectivity index (χ3n) is 3.45. The maximum atomic E-state index is 12.9. The van der Waals surface area contributed by atoms with Gasteiger partial charge in [-0.05, 0) is 31.2 Å². The Balaban J connectivity index is 1.82. The Labute approximate surface area is 119 Å². The van der Waals surface area contributed by atoms with Crippen LogP contribution < -0.4 is 5.73 Å². The highest BCUT2D eigenvalue weighted by Gasteiger charge is 2.09. The van der Waals surface area contributed by atoms with Crippen molar-refractivity contribution in [2.45, 2.75) is 19.0 Å². The van der Waals surface area contributed by atoms with Crippen LogP contribution in [-0.2, 0) is 13.6 Å². The van der Waals surface area contributed by atoms with Crippen molar-refractivity contribution < 1.29 is 4.39 Å². The maximum Gasteiger partial charge on any atom is 0.123 e. The number of aryl methyl sites for hydroxylation is 1. The summed E-state index contributed by atoms with van der Waals surface area (Å²) in [4.78, 5) is 6.49. The first-order valence-corrected chi connectivity index (χ1v) is 6.72. The standard InChI is InChI=1S/C15H21FN4/c1-19(11-15-18-8-10-20(15)2)9-7-14(17)12-3-5-13(16)6-4-12/h3-6,8,10,14H,7,9,11,17H2,1-2H3. The number of imidazole rings is 1. The van der Waals surface area contributed by atoms with E-state index in [4.69, 9.17) is 5.73 Å². The average molecular weight is 276 g/mol. The molecule has 0 fully saturated rings. The summed E-state index contributed by atoms with van der Waals surface area (Å²) >= 11 is 0. The van der Waals surface area contributed by atoms with Crippen molar-refractivity contribution in [1.29, 1.82) is 0 Å². The van der Waals surface area contributed by atoms with Crippen molar-refractivity contribution in [3.8, 4) is 0 Å². The molecular weight excluding hydrogens is 255 g/mol. The van der Waals surface area contributed by atoms with E-state index in [1.165, 1.54) is 12.1 Å². The van der Waals surface area contributed by atoms with Crippen LogP contribution in [-0.4, -0.2) is 28.0 Å². The van der Waals surface area contributed by atoms with Gasteiger partial charge >= 0.3 is 0 Å². The first-order valence-electron chi connectivity index (χ1n) is 6.72. The fourth-order valence-electron chi connectivity index (χ4n) is 2.11. The molecule has 2 N–H and O–H groups in total. The highest BCUT2D eigenvalue weighted by Crippen LogP contribution is 2.15. The van der Waals surface area contributed by atoms with Gasteiger partial charge in [-0.15, -0.1) is 0 Å². The topological polar surface area (TPSA) is 47.1 Å². The van der Waals surface area contributed by atoms with E-state index in [0.717, 1.165) is 30.9 Å². The molecule has 2 aromatic rings.